The molecule has 35 heavy (non-hydrogen) atoms. The molecule has 14 heteroatoms. The van der Waals surface area contributed by atoms with Crippen LogP contribution in [0.1, 0.15) is 0 Å². The second-order valence-electron chi connectivity index (χ2n) is 7.00. The zero-order valence-corrected chi connectivity index (χ0v) is 19.4. The Morgan fingerprint density at radius 2 is 1.86 bits per heavy atom. The largest absolute Gasteiger partial charge is 0.497 e. The average molecular weight is 500 g/mol. The molecule has 2 heterocycles. The predicted octanol–water partition coefficient (Wildman–Crippen LogP) is 2.07. The Morgan fingerprint density at radius 1 is 1.06 bits per heavy atom. The fourth-order valence-corrected chi connectivity index (χ4v) is 4.43. The molecule has 0 aliphatic heterocycles. The molecule has 0 unspecified atom stereocenters. The van der Waals surface area contributed by atoms with E-state index in [2.05, 4.69) is 20.0 Å². The molecular formula is C21H20N6O7S. The zero-order chi connectivity index (χ0) is 25.0. The highest BCUT2D eigenvalue weighted by molar-refractivity contribution is 7.89. The number of benzene rings is 2. The van der Waals surface area contributed by atoms with Crippen LogP contribution in [0.4, 0.5) is 5.69 Å². The van der Waals surface area contributed by atoms with Gasteiger partial charge in [0, 0.05) is 24.7 Å². The molecule has 0 saturated heterocycles. The number of ether oxygens (including phenoxy) is 3. The molecule has 4 aromatic rings. The maximum atomic E-state index is 12.5. The van der Waals surface area contributed by atoms with E-state index in [4.69, 9.17) is 14.2 Å². The van der Waals surface area contributed by atoms with Crippen LogP contribution in [-0.4, -0.2) is 60.5 Å². The first-order valence-corrected chi connectivity index (χ1v) is 11.6. The average Bonchev–Trinajstić information content (AvgIpc) is 3.29. The summed E-state index contributed by atoms with van der Waals surface area (Å²) >= 11 is 0. The van der Waals surface area contributed by atoms with E-state index in [0.717, 1.165) is 12.1 Å². The summed E-state index contributed by atoms with van der Waals surface area (Å²) in [7, 11) is -1.04. The van der Waals surface area contributed by atoms with E-state index >= 15 is 0 Å². The van der Waals surface area contributed by atoms with Gasteiger partial charge in [0.05, 0.1) is 24.7 Å². The van der Waals surface area contributed by atoms with Crippen LogP contribution in [0.5, 0.6) is 17.4 Å². The van der Waals surface area contributed by atoms with Gasteiger partial charge in [0.25, 0.3) is 5.69 Å². The molecule has 0 fully saturated rings. The molecule has 0 aliphatic carbocycles. The maximum Gasteiger partial charge on any atom is 0.289 e. The molecule has 2 aromatic heterocycles. The van der Waals surface area contributed by atoms with Gasteiger partial charge in [-0.2, -0.15) is 4.52 Å². The van der Waals surface area contributed by atoms with Crippen LogP contribution in [0.3, 0.4) is 0 Å². The minimum absolute atomic E-state index is 0.0817. The fourth-order valence-electron chi connectivity index (χ4n) is 3.24. The van der Waals surface area contributed by atoms with Crippen LogP contribution >= 0.6 is 0 Å². The molecule has 0 radical (unpaired) electrons. The van der Waals surface area contributed by atoms with Crippen molar-refractivity contribution in [3.05, 3.63) is 64.7 Å². The molecular weight excluding hydrogens is 480 g/mol. The van der Waals surface area contributed by atoms with Gasteiger partial charge in [0.1, 0.15) is 18.1 Å². The minimum Gasteiger partial charge on any atom is -0.497 e. The van der Waals surface area contributed by atoms with Crippen LogP contribution < -0.4 is 18.9 Å². The van der Waals surface area contributed by atoms with Gasteiger partial charge in [0.15, 0.2) is 16.4 Å². The number of aromatic nitrogens is 4. The van der Waals surface area contributed by atoms with E-state index in [9.17, 15) is 18.5 Å². The number of rotatable bonds is 10. The van der Waals surface area contributed by atoms with Crippen molar-refractivity contribution < 1.29 is 27.6 Å². The molecule has 0 saturated carbocycles. The lowest BCUT2D eigenvalue weighted by molar-refractivity contribution is -0.387. The molecule has 13 nitrogen and oxygen atoms in total. The number of nitro groups is 1. The van der Waals surface area contributed by atoms with Gasteiger partial charge < -0.3 is 14.2 Å². The number of para-hydroxylation sites is 1. The summed E-state index contributed by atoms with van der Waals surface area (Å²) in [6, 6.07) is 13.5. The summed E-state index contributed by atoms with van der Waals surface area (Å²) in [5.41, 5.74) is 0.576. The third kappa shape index (κ3) is 4.97. The number of nitrogens with one attached hydrogen (secondary N) is 1. The van der Waals surface area contributed by atoms with Gasteiger partial charge >= 0.3 is 0 Å². The second-order valence-corrected chi connectivity index (χ2v) is 8.74. The third-order valence-corrected chi connectivity index (χ3v) is 6.39. The summed E-state index contributed by atoms with van der Waals surface area (Å²) < 4.78 is 45.0. The Bertz CT molecular complexity index is 1490. The Kier molecular flexibility index (Phi) is 6.75. The Morgan fingerprint density at radius 3 is 2.60 bits per heavy atom. The standard InChI is InChI=1S/C21H20N6O7S/c1-32-14-7-8-15(17(13-14)33-2)21-24-23-19-9-10-20(25-26(19)21)34-12-11-22-35(30,31)18-6-4-3-5-16(18)27(28)29/h3-10,13,22H,11-12H2,1-2H3. The van der Waals surface area contributed by atoms with E-state index in [1.54, 1.807) is 37.4 Å². The Balaban J connectivity index is 1.48. The molecule has 0 bridgehead atoms. The van der Waals surface area contributed by atoms with Crippen LogP contribution in [0.15, 0.2) is 59.5 Å². The summed E-state index contributed by atoms with van der Waals surface area (Å²) in [6.07, 6.45) is 0. The van der Waals surface area contributed by atoms with Gasteiger partial charge in [0.2, 0.25) is 15.9 Å². The van der Waals surface area contributed by atoms with Gasteiger partial charge in [-0.1, -0.05) is 12.1 Å². The van der Waals surface area contributed by atoms with Crippen molar-refractivity contribution in [1.82, 2.24) is 24.5 Å². The van der Waals surface area contributed by atoms with E-state index in [1.165, 1.54) is 23.8 Å². The SMILES string of the molecule is COc1ccc(-c2nnc3ccc(OCCNS(=O)(=O)c4ccccc4[N+](=O)[O-])nn23)c(OC)c1. The minimum atomic E-state index is -4.11. The van der Waals surface area contributed by atoms with Gasteiger partial charge in [-0.3, -0.25) is 10.1 Å². The normalized spacial score (nSPS) is 11.4. The summed E-state index contributed by atoms with van der Waals surface area (Å²) in [5.74, 6) is 1.72. The predicted molar refractivity (Wildman–Crippen MR) is 123 cm³/mol. The number of nitrogens with zero attached hydrogens (tertiary/aromatic N) is 5. The first-order valence-electron chi connectivity index (χ1n) is 10.1. The van der Waals surface area contributed by atoms with Crippen molar-refractivity contribution in [2.24, 2.45) is 0 Å². The van der Waals surface area contributed by atoms with E-state index < -0.39 is 25.5 Å². The van der Waals surface area contributed by atoms with Crippen molar-refractivity contribution >= 4 is 21.4 Å². The maximum absolute atomic E-state index is 12.5. The number of hydrogen-bond donors (Lipinski definition) is 1. The molecule has 0 atom stereocenters. The van der Waals surface area contributed by atoms with Crippen molar-refractivity contribution in [2.75, 3.05) is 27.4 Å². The Hall–Kier alpha value is -4.30. The van der Waals surface area contributed by atoms with Crippen molar-refractivity contribution in [3.8, 4) is 28.8 Å². The van der Waals surface area contributed by atoms with Crippen LogP contribution in [0.25, 0.3) is 17.0 Å². The summed E-state index contributed by atoms with van der Waals surface area (Å²) in [6.45, 7) is -0.225. The topological polar surface area (TPSA) is 160 Å². The zero-order valence-electron chi connectivity index (χ0n) is 18.6. The lowest BCUT2D eigenvalue weighted by atomic mass is 10.2. The van der Waals surface area contributed by atoms with Gasteiger partial charge in [-0.25, -0.2) is 13.1 Å². The first-order chi connectivity index (χ1) is 16.8. The van der Waals surface area contributed by atoms with Gasteiger partial charge in [-0.05, 0) is 24.3 Å². The van der Waals surface area contributed by atoms with E-state index in [0.29, 0.717) is 28.5 Å². The quantitative estimate of drug-likeness (QED) is 0.194. The van der Waals surface area contributed by atoms with Gasteiger partial charge in [-0.15, -0.1) is 15.3 Å². The highest BCUT2D eigenvalue weighted by Crippen LogP contribution is 2.32. The monoisotopic (exact) mass is 500 g/mol. The van der Waals surface area contributed by atoms with Crippen molar-refractivity contribution in [3.63, 3.8) is 0 Å². The number of methoxy groups -OCH3 is 2. The Labute approximate surface area is 199 Å². The molecule has 0 aliphatic rings. The highest BCUT2D eigenvalue weighted by Gasteiger charge is 2.24. The molecule has 182 valence electrons. The molecule has 0 amide bonds. The van der Waals surface area contributed by atoms with Crippen molar-refractivity contribution in [1.29, 1.82) is 0 Å². The highest BCUT2D eigenvalue weighted by atomic mass is 32.2. The summed E-state index contributed by atoms with van der Waals surface area (Å²) in [4.78, 5) is 9.95. The molecule has 1 N–H and O–H groups in total. The fraction of sp³-hybridized carbons (Fsp3) is 0.190. The molecule has 4 rings (SSSR count). The van der Waals surface area contributed by atoms with E-state index in [1.807, 2.05) is 0 Å². The van der Waals surface area contributed by atoms with Crippen LogP contribution in [0.2, 0.25) is 0 Å². The van der Waals surface area contributed by atoms with Crippen molar-refractivity contribution in [2.45, 2.75) is 4.90 Å². The van der Waals surface area contributed by atoms with Crippen LogP contribution in [-0.2, 0) is 10.0 Å². The number of hydrogen-bond acceptors (Lipinski definition) is 10. The first kappa shape index (κ1) is 23.8. The van der Waals surface area contributed by atoms with Crippen LogP contribution in [0, 0.1) is 10.1 Å². The third-order valence-electron chi connectivity index (χ3n) is 4.88. The lowest BCUT2D eigenvalue weighted by Gasteiger charge is -2.10. The summed E-state index contributed by atoms with van der Waals surface area (Å²) in [5, 5.41) is 23.8. The second kappa shape index (κ2) is 9.90. The smallest absolute Gasteiger partial charge is 0.289 e. The molecule has 0 spiro atoms. The lowest BCUT2D eigenvalue weighted by Crippen LogP contribution is -2.29. The number of fused-ring (bicyclic) bond motifs is 1. The number of sulfonamides is 1. The van der Waals surface area contributed by atoms with E-state index in [-0.39, 0.29) is 19.0 Å². The number of nitro benzene ring substituents is 1. The molecule has 2 aromatic carbocycles.